The van der Waals surface area contributed by atoms with Crippen LogP contribution in [0.4, 0.5) is 0 Å². The third-order valence-electron chi connectivity index (χ3n) is 4.97. The molecule has 1 N–H and O–H groups in total. The second-order valence-electron chi connectivity index (χ2n) is 7.06. The molecule has 30 heavy (non-hydrogen) atoms. The third kappa shape index (κ3) is 4.66. The Morgan fingerprint density at radius 1 is 0.967 bits per heavy atom. The summed E-state index contributed by atoms with van der Waals surface area (Å²) >= 11 is 12.3. The van der Waals surface area contributed by atoms with Gasteiger partial charge in [-0.05, 0) is 48.4 Å². The maximum absolute atomic E-state index is 12.3. The van der Waals surface area contributed by atoms with E-state index in [4.69, 9.17) is 28.2 Å². The summed E-state index contributed by atoms with van der Waals surface area (Å²) in [6.45, 7) is 1.21. The van der Waals surface area contributed by atoms with E-state index in [2.05, 4.69) is 16.0 Å². The number of halogens is 2. The van der Waals surface area contributed by atoms with Crippen LogP contribution >= 0.6 is 23.2 Å². The Kier molecular flexibility index (Phi) is 6.36. The molecule has 0 radical (unpaired) electrons. The molecule has 4 rings (SSSR count). The quantitative estimate of drug-likeness (QED) is 0.373. The smallest absolute Gasteiger partial charge is 0.251 e. The summed E-state index contributed by atoms with van der Waals surface area (Å²) in [6.07, 6.45) is 1.52. The van der Waals surface area contributed by atoms with Gasteiger partial charge in [0.05, 0.1) is 17.6 Å². The number of rotatable bonds is 7. The lowest BCUT2D eigenvalue weighted by atomic mass is 10.2. The molecule has 0 bridgehead atoms. The van der Waals surface area contributed by atoms with Crippen LogP contribution < -0.4 is 5.32 Å². The zero-order valence-corrected chi connectivity index (χ0v) is 17.8. The summed E-state index contributed by atoms with van der Waals surface area (Å²) in [4.78, 5) is 17.1. The van der Waals surface area contributed by atoms with Crippen LogP contribution in [0.25, 0.3) is 11.0 Å². The molecule has 152 valence electrons. The van der Waals surface area contributed by atoms with Gasteiger partial charge in [0, 0.05) is 28.6 Å². The minimum absolute atomic E-state index is 0.123. The van der Waals surface area contributed by atoms with Gasteiger partial charge >= 0.3 is 0 Å². The maximum Gasteiger partial charge on any atom is 0.251 e. The average Bonchev–Trinajstić information content (AvgIpc) is 3.10. The minimum Gasteiger partial charge on any atom is -0.352 e. The van der Waals surface area contributed by atoms with Crippen LogP contribution in [-0.4, -0.2) is 22.0 Å². The van der Waals surface area contributed by atoms with Gasteiger partial charge in [-0.25, -0.2) is 4.98 Å². The minimum atomic E-state index is -0.123. The van der Waals surface area contributed by atoms with E-state index < -0.39 is 0 Å². The number of nitrogens with one attached hydrogen (secondary N) is 1. The SMILES string of the molecule is O=C(NCCCc1nc2ccccc2n1Cc1ccccc1Cl)c1cccc(Cl)c1. The second kappa shape index (κ2) is 9.33. The van der Waals surface area contributed by atoms with Crippen LogP contribution in [0.2, 0.25) is 10.0 Å². The summed E-state index contributed by atoms with van der Waals surface area (Å²) in [5.74, 6) is 0.857. The first kappa shape index (κ1) is 20.5. The highest BCUT2D eigenvalue weighted by atomic mass is 35.5. The monoisotopic (exact) mass is 437 g/mol. The van der Waals surface area contributed by atoms with E-state index >= 15 is 0 Å². The number of hydrogen-bond donors (Lipinski definition) is 1. The van der Waals surface area contributed by atoms with Crippen LogP contribution in [0.15, 0.2) is 72.8 Å². The van der Waals surface area contributed by atoms with Gasteiger partial charge in [0.25, 0.3) is 5.91 Å². The van der Waals surface area contributed by atoms with E-state index in [0.29, 0.717) is 23.7 Å². The van der Waals surface area contributed by atoms with Crippen LogP contribution in [0, 0.1) is 0 Å². The molecule has 1 amide bonds. The molecule has 0 aliphatic carbocycles. The molecule has 6 heteroatoms. The van der Waals surface area contributed by atoms with E-state index in [9.17, 15) is 4.79 Å². The Bertz CT molecular complexity index is 1190. The molecule has 0 spiro atoms. The van der Waals surface area contributed by atoms with E-state index in [1.807, 2.05) is 42.5 Å². The first-order valence-corrected chi connectivity index (χ1v) is 10.6. The molecular formula is C24H21Cl2N3O. The van der Waals surface area contributed by atoms with Crippen molar-refractivity contribution >= 4 is 40.1 Å². The van der Waals surface area contributed by atoms with Crippen molar-refractivity contribution in [3.05, 3.63) is 99.8 Å². The van der Waals surface area contributed by atoms with Gasteiger partial charge in [-0.2, -0.15) is 0 Å². The summed E-state index contributed by atoms with van der Waals surface area (Å²) in [5, 5.41) is 4.25. The number of aromatic nitrogens is 2. The van der Waals surface area contributed by atoms with Crippen LogP contribution in [0.1, 0.15) is 28.2 Å². The molecule has 0 unspecified atom stereocenters. The normalized spacial score (nSPS) is 11.0. The standard InChI is InChI=1S/C24H21Cl2N3O/c25-19-9-5-8-17(15-19)24(30)27-14-6-13-23-28-21-11-3-4-12-22(21)29(23)16-18-7-1-2-10-20(18)26/h1-5,7-12,15H,6,13-14,16H2,(H,27,30). The highest BCUT2D eigenvalue weighted by Crippen LogP contribution is 2.22. The number of para-hydroxylation sites is 2. The number of hydrogen-bond acceptors (Lipinski definition) is 2. The molecular weight excluding hydrogens is 417 g/mol. The van der Waals surface area contributed by atoms with E-state index in [-0.39, 0.29) is 5.91 Å². The fraction of sp³-hybridized carbons (Fsp3) is 0.167. The molecule has 0 saturated heterocycles. The molecule has 0 fully saturated rings. The number of carbonyl (C=O) groups is 1. The highest BCUT2D eigenvalue weighted by molar-refractivity contribution is 6.31. The van der Waals surface area contributed by atoms with Crippen molar-refractivity contribution < 1.29 is 4.79 Å². The first-order valence-electron chi connectivity index (χ1n) is 9.83. The predicted molar refractivity (Wildman–Crippen MR) is 122 cm³/mol. The van der Waals surface area contributed by atoms with Crippen molar-refractivity contribution in [1.29, 1.82) is 0 Å². The van der Waals surface area contributed by atoms with Gasteiger partial charge in [0.1, 0.15) is 5.82 Å². The van der Waals surface area contributed by atoms with Gasteiger partial charge in [-0.1, -0.05) is 59.6 Å². The van der Waals surface area contributed by atoms with Crippen molar-refractivity contribution in [3.63, 3.8) is 0 Å². The van der Waals surface area contributed by atoms with Gasteiger partial charge in [-0.15, -0.1) is 0 Å². The van der Waals surface area contributed by atoms with Crippen LogP contribution in [-0.2, 0) is 13.0 Å². The third-order valence-corrected chi connectivity index (χ3v) is 5.57. The van der Waals surface area contributed by atoms with Crippen LogP contribution in [0.5, 0.6) is 0 Å². The first-order chi connectivity index (χ1) is 14.6. The Hall–Kier alpha value is -2.82. The van der Waals surface area contributed by atoms with Gasteiger partial charge < -0.3 is 9.88 Å². The lowest BCUT2D eigenvalue weighted by Crippen LogP contribution is -2.25. The fourth-order valence-electron chi connectivity index (χ4n) is 3.47. The topological polar surface area (TPSA) is 46.9 Å². The Labute approximate surface area is 185 Å². The Morgan fingerprint density at radius 2 is 1.77 bits per heavy atom. The predicted octanol–water partition coefficient (Wildman–Crippen LogP) is 5.75. The molecule has 3 aromatic carbocycles. The number of aryl methyl sites for hydroxylation is 1. The number of imidazole rings is 1. The Morgan fingerprint density at radius 3 is 2.60 bits per heavy atom. The van der Waals surface area contributed by atoms with Crippen molar-refractivity contribution in [2.75, 3.05) is 6.54 Å². The molecule has 1 aromatic heterocycles. The maximum atomic E-state index is 12.3. The van der Waals surface area contributed by atoms with Gasteiger partial charge in [-0.3, -0.25) is 4.79 Å². The summed E-state index contributed by atoms with van der Waals surface area (Å²) in [6, 6.07) is 22.9. The van der Waals surface area contributed by atoms with E-state index in [1.54, 1.807) is 24.3 Å². The summed E-state index contributed by atoms with van der Waals surface area (Å²) in [5.41, 5.74) is 3.66. The number of amides is 1. The molecule has 4 nitrogen and oxygen atoms in total. The highest BCUT2D eigenvalue weighted by Gasteiger charge is 2.12. The fourth-order valence-corrected chi connectivity index (χ4v) is 3.86. The van der Waals surface area contributed by atoms with Crippen molar-refractivity contribution in [3.8, 4) is 0 Å². The molecule has 4 aromatic rings. The van der Waals surface area contributed by atoms with Gasteiger partial charge in [0.2, 0.25) is 0 Å². The molecule has 0 aliphatic rings. The van der Waals surface area contributed by atoms with E-state index in [1.165, 1.54) is 0 Å². The largest absolute Gasteiger partial charge is 0.352 e. The second-order valence-corrected chi connectivity index (χ2v) is 7.91. The van der Waals surface area contributed by atoms with Crippen LogP contribution in [0.3, 0.4) is 0 Å². The molecule has 0 aliphatic heterocycles. The van der Waals surface area contributed by atoms with Gasteiger partial charge in [0.15, 0.2) is 0 Å². The number of carbonyl (C=O) groups excluding carboxylic acids is 1. The van der Waals surface area contributed by atoms with Crippen molar-refractivity contribution in [2.45, 2.75) is 19.4 Å². The Balaban J connectivity index is 1.46. The number of fused-ring (bicyclic) bond motifs is 1. The average molecular weight is 438 g/mol. The summed E-state index contributed by atoms with van der Waals surface area (Å²) < 4.78 is 2.20. The lowest BCUT2D eigenvalue weighted by molar-refractivity contribution is 0.0953. The molecule has 0 saturated carbocycles. The zero-order valence-electron chi connectivity index (χ0n) is 16.3. The zero-order chi connectivity index (χ0) is 20.9. The summed E-state index contributed by atoms with van der Waals surface area (Å²) in [7, 11) is 0. The molecule has 0 atom stereocenters. The number of nitrogens with zero attached hydrogens (tertiary/aromatic N) is 2. The lowest BCUT2D eigenvalue weighted by Gasteiger charge is -2.11. The van der Waals surface area contributed by atoms with Crippen molar-refractivity contribution in [2.24, 2.45) is 0 Å². The molecule has 1 heterocycles. The van der Waals surface area contributed by atoms with E-state index in [0.717, 1.165) is 40.3 Å². The van der Waals surface area contributed by atoms with Crippen molar-refractivity contribution in [1.82, 2.24) is 14.9 Å². The number of benzene rings is 3.